The molecule has 0 bridgehead atoms. The number of aromatic nitrogens is 1. The van der Waals surface area contributed by atoms with E-state index in [0.29, 0.717) is 18.8 Å². The van der Waals surface area contributed by atoms with Crippen molar-refractivity contribution in [3.05, 3.63) is 84.6 Å². The van der Waals surface area contributed by atoms with Gasteiger partial charge in [-0.2, -0.15) is 0 Å². The Morgan fingerprint density at radius 3 is 2.44 bits per heavy atom. The third-order valence-corrected chi connectivity index (χ3v) is 4.84. The first-order valence-corrected chi connectivity index (χ1v) is 9.28. The number of carbonyl (C=O) groups excluding carboxylic acids is 1. The van der Waals surface area contributed by atoms with Crippen LogP contribution in [-0.2, 0) is 11.2 Å². The minimum absolute atomic E-state index is 0.0179. The second-order valence-corrected chi connectivity index (χ2v) is 6.78. The highest BCUT2D eigenvalue weighted by molar-refractivity contribution is 5.79. The molecule has 4 heteroatoms. The fourth-order valence-electron chi connectivity index (χ4n) is 3.37. The smallest absolute Gasteiger partial charge is 0.227 e. The van der Waals surface area contributed by atoms with Crippen LogP contribution in [0.2, 0.25) is 0 Å². The lowest BCUT2D eigenvalue weighted by atomic mass is 10.0. The van der Waals surface area contributed by atoms with E-state index in [2.05, 4.69) is 29.2 Å². The van der Waals surface area contributed by atoms with Crippen LogP contribution in [0.4, 0.5) is 0 Å². The van der Waals surface area contributed by atoms with E-state index in [1.165, 1.54) is 5.56 Å². The molecular weight excluding hydrogens is 336 g/mol. The van der Waals surface area contributed by atoms with Gasteiger partial charge in [0, 0.05) is 25.2 Å². The third-order valence-electron chi connectivity index (χ3n) is 4.84. The van der Waals surface area contributed by atoms with Crippen molar-refractivity contribution in [2.24, 2.45) is 0 Å². The molecule has 1 aliphatic heterocycles. The minimum atomic E-state index is 0.0179. The number of nitrogens with zero attached hydrogens (tertiary/aromatic N) is 2. The summed E-state index contributed by atoms with van der Waals surface area (Å²) in [6, 6.07) is 24.1. The summed E-state index contributed by atoms with van der Waals surface area (Å²) < 4.78 is 5.87. The lowest BCUT2D eigenvalue weighted by Crippen LogP contribution is -2.32. The monoisotopic (exact) mass is 358 g/mol. The van der Waals surface area contributed by atoms with E-state index in [4.69, 9.17) is 4.74 Å². The Morgan fingerprint density at radius 1 is 0.963 bits per heavy atom. The van der Waals surface area contributed by atoms with Crippen LogP contribution >= 0.6 is 0 Å². The first-order valence-electron chi connectivity index (χ1n) is 9.28. The van der Waals surface area contributed by atoms with E-state index >= 15 is 0 Å². The first-order chi connectivity index (χ1) is 13.3. The van der Waals surface area contributed by atoms with Crippen LogP contribution in [0.15, 0.2) is 79.0 Å². The van der Waals surface area contributed by atoms with Crippen LogP contribution in [0, 0.1) is 0 Å². The Labute approximate surface area is 159 Å². The topological polar surface area (TPSA) is 42.4 Å². The highest BCUT2D eigenvalue weighted by Crippen LogP contribution is 2.21. The first kappa shape index (κ1) is 17.3. The number of carbonyl (C=O) groups is 1. The molecule has 0 N–H and O–H groups in total. The van der Waals surface area contributed by atoms with Crippen LogP contribution in [0.25, 0.3) is 11.1 Å². The summed E-state index contributed by atoms with van der Waals surface area (Å²) in [4.78, 5) is 18.7. The molecule has 1 amide bonds. The molecule has 0 spiro atoms. The number of hydrogen-bond acceptors (Lipinski definition) is 3. The molecule has 1 unspecified atom stereocenters. The quantitative estimate of drug-likeness (QED) is 0.693. The molecule has 2 heterocycles. The molecule has 1 aromatic heterocycles. The Bertz CT molecular complexity index is 879. The Hall–Kier alpha value is -3.14. The van der Waals surface area contributed by atoms with Crippen molar-refractivity contribution in [3.63, 3.8) is 0 Å². The van der Waals surface area contributed by atoms with Gasteiger partial charge < -0.3 is 9.64 Å². The van der Waals surface area contributed by atoms with Crippen molar-refractivity contribution in [2.45, 2.75) is 18.9 Å². The normalized spacial score (nSPS) is 16.3. The molecule has 2 aromatic carbocycles. The van der Waals surface area contributed by atoms with Crippen LogP contribution in [0.5, 0.6) is 5.88 Å². The van der Waals surface area contributed by atoms with Gasteiger partial charge in [-0.05, 0) is 22.8 Å². The average Bonchev–Trinajstić information content (AvgIpc) is 3.19. The van der Waals surface area contributed by atoms with Gasteiger partial charge >= 0.3 is 0 Å². The van der Waals surface area contributed by atoms with Gasteiger partial charge in [-0.15, -0.1) is 0 Å². The molecule has 0 aliphatic carbocycles. The number of benzene rings is 2. The molecule has 1 fully saturated rings. The van der Waals surface area contributed by atoms with Crippen LogP contribution in [-0.4, -0.2) is 35.0 Å². The maximum Gasteiger partial charge on any atom is 0.227 e. The SMILES string of the molecule is O=C(Cc1ccc(-c2ccccc2)cc1)N1CCC(Oc2ccccn2)C1. The van der Waals surface area contributed by atoms with E-state index < -0.39 is 0 Å². The molecule has 0 radical (unpaired) electrons. The van der Waals surface area contributed by atoms with Gasteiger partial charge in [0.25, 0.3) is 0 Å². The average molecular weight is 358 g/mol. The molecule has 4 rings (SSSR count). The molecular formula is C23H22N2O2. The summed E-state index contributed by atoms with van der Waals surface area (Å²) in [5.41, 5.74) is 3.38. The molecule has 0 saturated carbocycles. The van der Waals surface area contributed by atoms with Gasteiger partial charge in [0.05, 0.1) is 13.0 Å². The van der Waals surface area contributed by atoms with Crippen molar-refractivity contribution < 1.29 is 9.53 Å². The largest absolute Gasteiger partial charge is 0.472 e. The third kappa shape index (κ3) is 4.34. The molecule has 136 valence electrons. The second kappa shape index (κ2) is 8.04. The van der Waals surface area contributed by atoms with E-state index in [-0.39, 0.29) is 12.0 Å². The van der Waals surface area contributed by atoms with Gasteiger partial charge in [0.15, 0.2) is 0 Å². The second-order valence-electron chi connectivity index (χ2n) is 6.78. The summed E-state index contributed by atoms with van der Waals surface area (Å²) in [6.45, 7) is 1.36. The fourth-order valence-corrected chi connectivity index (χ4v) is 3.37. The number of amides is 1. The lowest BCUT2D eigenvalue weighted by molar-refractivity contribution is -0.129. The predicted octanol–water partition coefficient (Wildman–Crippen LogP) is 3.97. The summed E-state index contributed by atoms with van der Waals surface area (Å²) in [5, 5.41) is 0. The van der Waals surface area contributed by atoms with Crippen molar-refractivity contribution in [1.82, 2.24) is 9.88 Å². The highest BCUT2D eigenvalue weighted by Gasteiger charge is 2.27. The molecule has 3 aromatic rings. The highest BCUT2D eigenvalue weighted by atomic mass is 16.5. The van der Waals surface area contributed by atoms with Crippen LogP contribution in [0.3, 0.4) is 0 Å². The number of hydrogen-bond donors (Lipinski definition) is 0. The van der Waals surface area contributed by atoms with Crippen LogP contribution in [0.1, 0.15) is 12.0 Å². The van der Waals surface area contributed by atoms with E-state index in [9.17, 15) is 4.79 Å². The van der Waals surface area contributed by atoms with E-state index in [1.54, 1.807) is 6.20 Å². The van der Waals surface area contributed by atoms with Crippen LogP contribution < -0.4 is 4.74 Å². The van der Waals surface area contributed by atoms with Gasteiger partial charge in [-0.25, -0.2) is 4.98 Å². The Morgan fingerprint density at radius 2 is 1.70 bits per heavy atom. The minimum Gasteiger partial charge on any atom is -0.472 e. The van der Waals surface area contributed by atoms with Gasteiger partial charge in [-0.1, -0.05) is 60.7 Å². The number of ether oxygens (including phenoxy) is 1. The van der Waals surface area contributed by atoms with Crippen molar-refractivity contribution in [1.29, 1.82) is 0 Å². The number of pyridine rings is 1. The van der Waals surface area contributed by atoms with Gasteiger partial charge in [0.2, 0.25) is 11.8 Å². The van der Waals surface area contributed by atoms with E-state index in [0.717, 1.165) is 24.1 Å². The number of likely N-dealkylation sites (tertiary alicyclic amines) is 1. The Kier molecular flexibility index (Phi) is 5.15. The maximum absolute atomic E-state index is 12.6. The summed E-state index contributed by atoms with van der Waals surface area (Å²) in [6.07, 6.45) is 3.00. The molecule has 1 aliphatic rings. The van der Waals surface area contributed by atoms with E-state index in [1.807, 2.05) is 53.4 Å². The zero-order chi connectivity index (χ0) is 18.5. The Balaban J connectivity index is 1.33. The fraction of sp³-hybridized carbons (Fsp3) is 0.217. The predicted molar refractivity (Wildman–Crippen MR) is 105 cm³/mol. The van der Waals surface area contributed by atoms with Crippen molar-refractivity contribution in [3.8, 4) is 17.0 Å². The molecule has 4 nitrogen and oxygen atoms in total. The molecule has 27 heavy (non-hydrogen) atoms. The van der Waals surface area contributed by atoms with Crippen molar-refractivity contribution >= 4 is 5.91 Å². The molecule has 1 atom stereocenters. The van der Waals surface area contributed by atoms with Crippen molar-refractivity contribution in [2.75, 3.05) is 13.1 Å². The zero-order valence-corrected chi connectivity index (χ0v) is 15.1. The van der Waals surface area contributed by atoms with Gasteiger partial charge in [0.1, 0.15) is 6.10 Å². The maximum atomic E-state index is 12.6. The van der Waals surface area contributed by atoms with Gasteiger partial charge in [-0.3, -0.25) is 4.79 Å². The summed E-state index contributed by atoms with van der Waals surface area (Å²) in [7, 11) is 0. The summed E-state index contributed by atoms with van der Waals surface area (Å²) >= 11 is 0. The lowest BCUT2D eigenvalue weighted by Gasteiger charge is -2.17. The standard InChI is InChI=1S/C23H22N2O2/c26-23(25-15-13-21(17-25)27-22-8-4-5-14-24-22)16-18-9-11-20(12-10-18)19-6-2-1-3-7-19/h1-12,14,21H,13,15-17H2. The zero-order valence-electron chi connectivity index (χ0n) is 15.1. The summed E-state index contributed by atoms with van der Waals surface area (Å²) in [5.74, 6) is 0.767. The number of rotatable bonds is 5. The molecule has 1 saturated heterocycles.